The third-order valence-electron chi connectivity index (χ3n) is 4.91. The van der Waals surface area contributed by atoms with Crippen LogP contribution in [0.4, 0.5) is 14.7 Å². The summed E-state index contributed by atoms with van der Waals surface area (Å²) in [6, 6.07) is 4.97. The van der Waals surface area contributed by atoms with Crippen LogP contribution in [0, 0.1) is 11.7 Å². The number of anilines is 2. The Morgan fingerprint density at radius 1 is 1.30 bits per heavy atom. The van der Waals surface area contributed by atoms with Crippen LogP contribution in [0.1, 0.15) is 25.5 Å². The summed E-state index contributed by atoms with van der Waals surface area (Å²) in [5.74, 6) is -0.829. The summed E-state index contributed by atoms with van der Waals surface area (Å²) in [6.45, 7) is 3.46. The van der Waals surface area contributed by atoms with E-state index in [4.69, 9.17) is 4.74 Å². The van der Waals surface area contributed by atoms with Gasteiger partial charge in [-0.1, -0.05) is 17.4 Å². The second-order valence-electron chi connectivity index (χ2n) is 6.96. The van der Waals surface area contributed by atoms with Crippen molar-refractivity contribution in [2.75, 3.05) is 29.9 Å². The van der Waals surface area contributed by atoms with E-state index in [0.29, 0.717) is 48.9 Å². The van der Waals surface area contributed by atoms with E-state index >= 15 is 0 Å². The summed E-state index contributed by atoms with van der Waals surface area (Å²) >= 11 is 2.77. The third-order valence-corrected chi connectivity index (χ3v) is 6.80. The number of carbonyl (C=O) groups excluding carboxylic acids is 2. The molecule has 3 aromatic rings. The number of nitrogens with one attached hydrogen (secondary N) is 1. The molecule has 0 unspecified atom stereocenters. The van der Waals surface area contributed by atoms with E-state index in [1.807, 2.05) is 6.07 Å². The minimum Gasteiger partial charge on any atom is -0.466 e. The number of thiazole rings is 2. The fourth-order valence-corrected chi connectivity index (χ4v) is 5.13. The van der Waals surface area contributed by atoms with E-state index in [2.05, 4.69) is 20.2 Å². The molecule has 0 atom stereocenters. The summed E-state index contributed by atoms with van der Waals surface area (Å²) in [6.07, 6.45) is 1.47. The predicted octanol–water partition coefficient (Wildman–Crippen LogP) is 3.85. The Bertz CT molecular complexity index is 1060. The Morgan fingerprint density at radius 3 is 2.83 bits per heavy atom. The topological polar surface area (TPSA) is 84.4 Å². The van der Waals surface area contributed by atoms with Crippen LogP contribution >= 0.6 is 22.7 Å². The highest BCUT2D eigenvalue weighted by Crippen LogP contribution is 2.32. The minimum atomic E-state index is -0.331. The number of esters is 1. The molecule has 1 aliphatic heterocycles. The molecule has 1 amide bonds. The molecule has 158 valence electrons. The summed E-state index contributed by atoms with van der Waals surface area (Å²) in [7, 11) is 0. The third kappa shape index (κ3) is 4.59. The average Bonchev–Trinajstić information content (AvgIpc) is 3.36. The molecule has 0 radical (unpaired) electrons. The smallest absolute Gasteiger partial charge is 0.311 e. The average molecular weight is 449 g/mol. The first-order valence-electron chi connectivity index (χ1n) is 9.74. The second kappa shape index (κ2) is 9.05. The number of piperidine rings is 1. The lowest BCUT2D eigenvalue weighted by molar-refractivity contribution is -0.142. The van der Waals surface area contributed by atoms with Crippen molar-refractivity contribution in [3.8, 4) is 0 Å². The van der Waals surface area contributed by atoms with Crippen molar-refractivity contribution in [3.05, 3.63) is 35.1 Å². The van der Waals surface area contributed by atoms with Gasteiger partial charge < -0.3 is 15.0 Å². The molecule has 0 aliphatic carbocycles. The number of fused-ring (bicyclic) bond motifs is 1. The van der Waals surface area contributed by atoms with Crippen LogP contribution in [0.15, 0.2) is 23.6 Å². The number of ether oxygens (including phenoxy) is 1. The van der Waals surface area contributed by atoms with Gasteiger partial charge in [-0.3, -0.25) is 9.59 Å². The van der Waals surface area contributed by atoms with Crippen LogP contribution in [0.25, 0.3) is 10.2 Å². The lowest BCUT2D eigenvalue weighted by Gasteiger charge is -2.30. The molecule has 7 nitrogen and oxygen atoms in total. The first-order chi connectivity index (χ1) is 14.5. The van der Waals surface area contributed by atoms with Crippen molar-refractivity contribution in [1.29, 1.82) is 0 Å². The van der Waals surface area contributed by atoms with E-state index in [1.54, 1.807) is 18.4 Å². The van der Waals surface area contributed by atoms with E-state index in [1.165, 1.54) is 28.7 Å². The lowest BCUT2D eigenvalue weighted by Crippen LogP contribution is -2.38. The van der Waals surface area contributed by atoms with Crippen molar-refractivity contribution in [2.45, 2.75) is 26.2 Å². The zero-order chi connectivity index (χ0) is 21.1. The van der Waals surface area contributed by atoms with Gasteiger partial charge in [0.15, 0.2) is 10.3 Å². The maximum Gasteiger partial charge on any atom is 0.311 e. The molecule has 0 spiro atoms. The Labute approximate surface area is 180 Å². The molecule has 30 heavy (non-hydrogen) atoms. The van der Waals surface area contributed by atoms with Crippen LogP contribution < -0.4 is 10.2 Å². The number of rotatable bonds is 6. The molecular formula is C20H21FN4O3S2. The van der Waals surface area contributed by atoms with Crippen molar-refractivity contribution < 1.29 is 18.7 Å². The Morgan fingerprint density at radius 2 is 2.10 bits per heavy atom. The fourth-order valence-electron chi connectivity index (χ4n) is 3.38. The summed E-state index contributed by atoms with van der Waals surface area (Å²) in [5.41, 5.74) is 0.992. The van der Waals surface area contributed by atoms with Gasteiger partial charge in [0, 0.05) is 24.4 Å². The van der Waals surface area contributed by atoms with Crippen LogP contribution in [0.3, 0.4) is 0 Å². The van der Waals surface area contributed by atoms with Crippen LogP contribution in [-0.2, 0) is 20.7 Å². The van der Waals surface area contributed by atoms with Gasteiger partial charge in [-0.25, -0.2) is 14.4 Å². The summed E-state index contributed by atoms with van der Waals surface area (Å²) in [5, 5.41) is 5.89. The standard InChI is InChI=1S/C20H21FN4O3S2/c1-2-28-16(26)10-13-11-29-19(22-13)24-18(27)12-6-8-25(9-7-12)20-23-17-14(21)4-3-5-15(17)30-20/h3-5,11-12H,2,6-10H2,1H3,(H,22,24,27). The second-order valence-corrected chi connectivity index (χ2v) is 8.83. The number of hydrogen-bond acceptors (Lipinski definition) is 8. The number of nitrogens with zero attached hydrogens (tertiary/aromatic N) is 3. The number of hydrogen-bond donors (Lipinski definition) is 1. The number of para-hydroxylation sites is 1. The number of carbonyl (C=O) groups is 2. The molecular weight excluding hydrogens is 427 g/mol. The Hall–Kier alpha value is -2.59. The van der Waals surface area contributed by atoms with Crippen LogP contribution in [0.5, 0.6) is 0 Å². The molecule has 3 heterocycles. The number of amides is 1. The maximum atomic E-state index is 13.9. The van der Waals surface area contributed by atoms with Gasteiger partial charge in [0.05, 0.1) is 23.4 Å². The van der Waals surface area contributed by atoms with Gasteiger partial charge in [-0.05, 0) is 31.9 Å². The molecule has 1 fully saturated rings. The molecule has 2 aromatic heterocycles. The lowest BCUT2D eigenvalue weighted by atomic mass is 9.96. The highest BCUT2D eigenvalue weighted by Gasteiger charge is 2.27. The molecule has 4 rings (SSSR count). The van der Waals surface area contributed by atoms with Crippen molar-refractivity contribution in [3.63, 3.8) is 0 Å². The van der Waals surface area contributed by atoms with Crippen molar-refractivity contribution in [2.24, 2.45) is 5.92 Å². The zero-order valence-electron chi connectivity index (χ0n) is 16.4. The molecule has 1 aromatic carbocycles. The SMILES string of the molecule is CCOC(=O)Cc1csc(NC(=O)C2CCN(c3nc4c(F)cccc4s3)CC2)n1. The molecule has 10 heteroatoms. The Balaban J connectivity index is 1.31. The molecule has 1 saturated heterocycles. The quantitative estimate of drug-likeness (QED) is 0.577. The minimum absolute atomic E-state index is 0.0676. The van der Waals surface area contributed by atoms with E-state index < -0.39 is 0 Å². The highest BCUT2D eigenvalue weighted by molar-refractivity contribution is 7.22. The largest absolute Gasteiger partial charge is 0.466 e. The number of benzene rings is 1. The zero-order valence-corrected chi connectivity index (χ0v) is 18.0. The van der Waals surface area contributed by atoms with Gasteiger partial charge >= 0.3 is 5.97 Å². The van der Waals surface area contributed by atoms with Gasteiger partial charge in [0.2, 0.25) is 5.91 Å². The number of halogens is 1. The Kier molecular flexibility index (Phi) is 6.24. The normalized spacial score (nSPS) is 14.8. The highest BCUT2D eigenvalue weighted by atomic mass is 32.1. The molecule has 1 N–H and O–H groups in total. The van der Waals surface area contributed by atoms with Crippen molar-refractivity contribution >= 4 is 55.0 Å². The summed E-state index contributed by atoms with van der Waals surface area (Å²) < 4.78 is 19.6. The summed E-state index contributed by atoms with van der Waals surface area (Å²) in [4.78, 5) is 35.0. The van der Waals surface area contributed by atoms with E-state index in [0.717, 1.165) is 9.83 Å². The van der Waals surface area contributed by atoms with Crippen LogP contribution in [0.2, 0.25) is 0 Å². The first-order valence-corrected chi connectivity index (χ1v) is 11.4. The molecule has 1 aliphatic rings. The predicted molar refractivity (Wildman–Crippen MR) is 116 cm³/mol. The van der Waals surface area contributed by atoms with E-state index in [-0.39, 0.29) is 30.0 Å². The monoisotopic (exact) mass is 448 g/mol. The first kappa shape index (κ1) is 20.7. The fraction of sp³-hybridized carbons (Fsp3) is 0.400. The van der Waals surface area contributed by atoms with Crippen molar-refractivity contribution in [1.82, 2.24) is 9.97 Å². The van der Waals surface area contributed by atoms with Gasteiger partial charge in [0.1, 0.15) is 11.3 Å². The van der Waals surface area contributed by atoms with Gasteiger partial charge in [0.25, 0.3) is 0 Å². The van der Waals surface area contributed by atoms with Gasteiger partial charge in [-0.15, -0.1) is 11.3 Å². The van der Waals surface area contributed by atoms with E-state index in [9.17, 15) is 14.0 Å². The number of aromatic nitrogens is 2. The molecule has 0 bridgehead atoms. The molecule has 0 saturated carbocycles. The van der Waals surface area contributed by atoms with Gasteiger partial charge in [-0.2, -0.15) is 0 Å². The van der Waals surface area contributed by atoms with Crippen LogP contribution in [-0.4, -0.2) is 41.5 Å². The maximum absolute atomic E-state index is 13.9.